The predicted molar refractivity (Wildman–Crippen MR) is 72.5 cm³/mol. The zero-order valence-electron chi connectivity index (χ0n) is 11.6. The van der Waals surface area contributed by atoms with Crippen molar-refractivity contribution in [3.8, 4) is 11.5 Å². The number of rotatable bonds is 3. The van der Waals surface area contributed by atoms with E-state index in [-0.39, 0.29) is 17.5 Å². The van der Waals surface area contributed by atoms with Gasteiger partial charge in [-0.05, 0) is 19.1 Å². The molecule has 7 heteroatoms. The van der Waals surface area contributed by atoms with E-state index in [1.807, 2.05) is 6.92 Å². The minimum atomic E-state index is -0.667. The zero-order valence-corrected chi connectivity index (χ0v) is 11.6. The van der Waals surface area contributed by atoms with Gasteiger partial charge in [0.15, 0.2) is 5.82 Å². The van der Waals surface area contributed by atoms with E-state index >= 15 is 0 Å². The van der Waals surface area contributed by atoms with Crippen molar-refractivity contribution >= 4 is 0 Å². The summed E-state index contributed by atoms with van der Waals surface area (Å²) in [4.78, 5) is 6.50. The van der Waals surface area contributed by atoms with Gasteiger partial charge in [0, 0.05) is 37.8 Å². The molecule has 3 rings (SSSR count). The van der Waals surface area contributed by atoms with E-state index < -0.39 is 11.6 Å². The molecule has 1 atom stereocenters. The largest absolute Gasteiger partial charge is 0.334 e. The molecule has 1 aliphatic heterocycles. The highest BCUT2D eigenvalue weighted by atomic mass is 19.1. The summed E-state index contributed by atoms with van der Waals surface area (Å²) in [5.41, 5.74) is 0.249. The minimum absolute atomic E-state index is 0.00278. The van der Waals surface area contributed by atoms with Crippen molar-refractivity contribution in [3.05, 3.63) is 35.7 Å². The van der Waals surface area contributed by atoms with E-state index in [4.69, 9.17) is 4.52 Å². The smallest absolute Gasteiger partial charge is 0.258 e. The molecule has 1 saturated heterocycles. The summed E-state index contributed by atoms with van der Waals surface area (Å²) in [7, 11) is 0. The van der Waals surface area contributed by atoms with Crippen molar-refractivity contribution in [2.24, 2.45) is 0 Å². The molecule has 1 N–H and O–H groups in total. The Bertz CT molecular complexity index is 605. The lowest BCUT2D eigenvalue weighted by molar-refractivity contribution is 0.176. The van der Waals surface area contributed by atoms with Crippen LogP contribution in [0.25, 0.3) is 11.5 Å². The standard InChI is InChI=1S/C14H16F2N4O/c1-9(20-4-2-17-3-5-20)13-18-14(21-19-13)10-6-11(15)8-12(16)7-10/h6-9,17H,2-5H2,1H3. The molecule has 0 saturated carbocycles. The lowest BCUT2D eigenvalue weighted by atomic mass is 10.2. The van der Waals surface area contributed by atoms with Gasteiger partial charge in [-0.15, -0.1) is 0 Å². The number of hydrogen-bond acceptors (Lipinski definition) is 5. The van der Waals surface area contributed by atoms with E-state index in [0.717, 1.165) is 32.2 Å². The number of aromatic nitrogens is 2. The average Bonchev–Trinajstić information content (AvgIpc) is 2.96. The van der Waals surface area contributed by atoms with Crippen LogP contribution in [0.1, 0.15) is 18.8 Å². The maximum absolute atomic E-state index is 13.2. The lowest BCUT2D eigenvalue weighted by Crippen LogP contribution is -2.44. The van der Waals surface area contributed by atoms with Gasteiger partial charge in [0.05, 0.1) is 6.04 Å². The summed E-state index contributed by atoms with van der Waals surface area (Å²) in [5.74, 6) is -0.679. The summed E-state index contributed by atoms with van der Waals surface area (Å²) in [6.07, 6.45) is 0. The Morgan fingerprint density at radius 3 is 2.52 bits per heavy atom. The quantitative estimate of drug-likeness (QED) is 0.938. The minimum Gasteiger partial charge on any atom is -0.334 e. The third-order valence-electron chi connectivity index (χ3n) is 3.62. The predicted octanol–water partition coefficient (Wildman–Crippen LogP) is 1.98. The van der Waals surface area contributed by atoms with Crippen LogP contribution >= 0.6 is 0 Å². The Balaban J connectivity index is 1.82. The first-order valence-electron chi connectivity index (χ1n) is 6.88. The Morgan fingerprint density at radius 2 is 1.86 bits per heavy atom. The molecular weight excluding hydrogens is 278 g/mol. The van der Waals surface area contributed by atoms with Crippen LogP contribution in [0.15, 0.2) is 22.7 Å². The topological polar surface area (TPSA) is 54.2 Å². The Hall–Kier alpha value is -1.86. The highest BCUT2D eigenvalue weighted by molar-refractivity contribution is 5.52. The normalized spacial score (nSPS) is 17.9. The monoisotopic (exact) mass is 294 g/mol. The van der Waals surface area contributed by atoms with Gasteiger partial charge in [-0.25, -0.2) is 8.78 Å². The molecule has 1 unspecified atom stereocenters. The van der Waals surface area contributed by atoms with Crippen molar-refractivity contribution in [1.29, 1.82) is 0 Å². The van der Waals surface area contributed by atoms with E-state index in [0.29, 0.717) is 5.82 Å². The highest BCUT2D eigenvalue weighted by Crippen LogP contribution is 2.23. The van der Waals surface area contributed by atoms with Crippen molar-refractivity contribution in [3.63, 3.8) is 0 Å². The number of hydrogen-bond donors (Lipinski definition) is 1. The fourth-order valence-electron chi connectivity index (χ4n) is 2.43. The Labute approximate surface area is 120 Å². The second kappa shape index (κ2) is 5.87. The Kier molecular flexibility index (Phi) is 3.94. The summed E-state index contributed by atoms with van der Waals surface area (Å²) in [6.45, 7) is 5.64. The summed E-state index contributed by atoms with van der Waals surface area (Å²) in [6, 6.07) is 3.17. The van der Waals surface area contributed by atoms with Crippen LogP contribution in [0.4, 0.5) is 8.78 Å². The first-order valence-corrected chi connectivity index (χ1v) is 6.88. The number of nitrogens with zero attached hydrogens (tertiary/aromatic N) is 3. The van der Waals surface area contributed by atoms with Crippen LogP contribution in [-0.4, -0.2) is 41.2 Å². The molecule has 2 heterocycles. The van der Waals surface area contributed by atoms with E-state index in [2.05, 4.69) is 20.4 Å². The van der Waals surface area contributed by atoms with Crippen molar-refractivity contribution in [1.82, 2.24) is 20.4 Å². The van der Waals surface area contributed by atoms with Crippen molar-refractivity contribution in [2.75, 3.05) is 26.2 Å². The van der Waals surface area contributed by atoms with Gasteiger partial charge < -0.3 is 9.84 Å². The fourth-order valence-corrected chi connectivity index (χ4v) is 2.43. The molecule has 1 aromatic carbocycles. The van der Waals surface area contributed by atoms with Gasteiger partial charge in [0.1, 0.15) is 11.6 Å². The molecule has 0 radical (unpaired) electrons. The molecule has 5 nitrogen and oxygen atoms in total. The summed E-state index contributed by atoms with van der Waals surface area (Å²) < 4.78 is 31.6. The fraction of sp³-hybridized carbons (Fsp3) is 0.429. The van der Waals surface area contributed by atoms with Gasteiger partial charge in [0.2, 0.25) is 0 Å². The van der Waals surface area contributed by atoms with Crippen LogP contribution in [-0.2, 0) is 0 Å². The molecule has 2 aromatic rings. The highest BCUT2D eigenvalue weighted by Gasteiger charge is 2.23. The first kappa shape index (κ1) is 14.1. The molecule has 0 bridgehead atoms. The van der Waals surface area contributed by atoms with Gasteiger partial charge in [-0.3, -0.25) is 4.90 Å². The molecule has 0 spiro atoms. The molecule has 1 aliphatic rings. The van der Waals surface area contributed by atoms with Crippen LogP contribution in [0.3, 0.4) is 0 Å². The van der Waals surface area contributed by atoms with Gasteiger partial charge in [-0.1, -0.05) is 5.16 Å². The van der Waals surface area contributed by atoms with Crippen molar-refractivity contribution < 1.29 is 13.3 Å². The second-order valence-corrected chi connectivity index (χ2v) is 5.08. The third kappa shape index (κ3) is 3.08. The molecule has 112 valence electrons. The van der Waals surface area contributed by atoms with Crippen LogP contribution in [0, 0.1) is 11.6 Å². The number of piperazine rings is 1. The first-order chi connectivity index (χ1) is 10.1. The number of halogens is 2. The average molecular weight is 294 g/mol. The van der Waals surface area contributed by atoms with E-state index in [1.165, 1.54) is 12.1 Å². The zero-order chi connectivity index (χ0) is 14.8. The molecular formula is C14H16F2N4O. The van der Waals surface area contributed by atoms with Gasteiger partial charge in [-0.2, -0.15) is 4.98 Å². The van der Waals surface area contributed by atoms with Crippen LogP contribution in [0.2, 0.25) is 0 Å². The molecule has 0 aliphatic carbocycles. The molecule has 0 amide bonds. The summed E-state index contributed by atoms with van der Waals surface area (Å²) in [5, 5.41) is 7.21. The molecule has 1 fully saturated rings. The lowest BCUT2D eigenvalue weighted by Gasteiger charge is -2.30. The van der Waals surface area contributed by atoms with E-state index in [1.54, 1.807) is 0 Å². The maximum atomic E-state index is 13.2. The third-order valence-corrected chi connectivity index (χ3v) is 3.62. The molecule has 1 aromatic heterocycles. The SMILES string of the molecule is CC(c1noc(-c2cc(F)cc(F)c2)n1)N1CCNCC1. The maximum Gasteiger partial charge on any atom is 0.258 e. The van der Waals surface area contributed by atoms with Crippen LogP contribution < -0.4 is 5.32 Å². The van der Waals surface area contributed by atoms with Gasteiger partial charge in [0.25, 0.3) is 5.89 Å². The van der Waals surface area contributed by atoms with Gasteiger partial charge >= 0.3 is 0 Å². The summed E-state index contributed by atoms with van der Waals surface area (Å²) >= 11 is 0. The second-order valence-electron chi connectivity index (χ2n) is 5.08. The number of nitrogens with one attached hydrogen (secondary N) is 1. The molecule has 21 heavy (non-hydrogen) atoms. The Morgan fingerprint density at radius 1 is 1.19 bits per heavy atom. The number of benzene rings is 1. The van der Waals surface area contributed by atoms with E-state index in [9.17, 15) is 8.78 Å². The van der Waals surface area contributed by atoms with Crippen LogP contribution in [0.5, 0.6) is 0 Å². The van der Waals surface area contributed by atoms with Crippen molar-refractivity contribution in [2.45, 2.75) is 13.0 Å².